The van der Waals surface area contributed by atoms with Gasteiger partial charge in [-0.1, -0.05) is 24.4 Å². The second-order valence-electron chi connectivity index (χ2n) is 10.8. The summed E-state index contributed by atoms with van der Waals surface area (Å²) in [6, 6.07) is 5.66. The van der Waals surface area contributed by atoms with Crippen LogP contribution in [0.1, 0.15) is 53.8 Å². The van der Waals surface area contributed by atoms with Crippen LogP contribution in [0.25, 0.3) is 0 Å². The second-order valence-corrected chi connectivity index (χ2v) is 12.5. The molecule has 3 amide bonds. The predicted molar refractivity (Wildman–Crippen MR) is 150 cm³/mol. The topological polar surface area (TPSA) is 99.8 Å². The number of anilines is 2. The van der Waals surface area contributed by atoms with E-state index in [0.717, 1.165) is 62.0 Å². The standard InChI is InChI=1S/C28H32ClF3N4O4S/c29-23-10-9-22(41-23)27(39)33-14-21(34-25(16-3-1-4-16)17-5-2-6-17)26(38)35-20-8-7-18(13-19(20)28(30,31)32)36-11-12-40-15-24(36)37/h7-10,13,16-17,21,25,34H,1-6,11-12,14-15H2,(H,33,39)(H,35,38)/t21-/m0/s1. The summed E-state index contributed by atoms with van der Waals surface area (Å²) in [5.74, 6) is -0.761. The van der Waals surface area contributed by atoms with Crippen LogP contribution in [-0.4, -0.2) is 56.1 Å². The molecule has 0 spiro atoms. The molecule has 13 heteroatoms. The Balaban J connectivity index is 1.37. The molecule has 2 aliphatic carbocycles. The van der Waals surface area contributed by atoms with E-state index in [9.17, 15) is 27.6 Å². The van der Waals surface area contributed by atoms with Crippen molar-refractivity contribution in [2.24, 2.45) is 11.8 Å². The minimum absolute atomic E-state index is 0.0399. The van der Waals surface area contributed by atoms with Gasteiger partial charge < -0.3 is 25.6 Å². The number of nitrogens with one attached hydrogen (secondary N) is 3. The fourth-order valence-electron chi connectivity index (χ4n) is 5.49. The summed E-state index contributed by atoms with van der Waals surface area (Å²) in [7, 11) is 0. The fraction of sp³-hybridized carbons (Fsp3) is 0.536. The quantitative estimate of drug-likeness (QED) is 0.348. The molecule has 0 radical (unpaired) electrons. The lowest BCUT2D eigenvalue weighted by Gasteiger charge is -2.44. The Morgan fingerprint density at radius 1 is 1.10 bits per heavy atom. The first-order chi connectivity index (χ1) is 19.6. The SMILES string of the molecule is O=C(NC[C@H](NC(C1CCC1)C1CCC1)C(=O)Nc1ccc(N2CCOCC2=O)cc1C(F)(F)F)c1ccc(Cl)s1. The molecule has 41 heavy (non-hydrogen) atoms. The Morgan fingerprint density at radius 2 is 1.80 bits per heavy atom. The maximum Gasteiger partial charge on any atom is 0.418 e. The number of thiophene rings is 1. The Labute approximate surface area is 244 Å². The number of halogens is 4. The zero-order valence-corrected chi connectivity index (χ0v) is 23.8. The van der Waals surface area contributed by atoms with E-state index in [1.807, 2.05) is 0 Å². The molecule has 1 saturated heterocycles. The van der Waals surface area contributed by atoms with E-state index in [4.69, 9.17) is 16.3 Å². The van der Waals surface area contributed by atoms with Crippen molar-refractivity contribution in [2.75, 3.05) is 36.5 Å². The van der Waals surface area contributed by atoms with E-state index < -0.39 is 41.2 Å². The highest BCUT2D eigenvalue weighted by molar-refractivity contribution is 7.18. The summed E-state index contributed by atoms with van der Waals surface area (Å²) in [4.78, 5) is 40.1. The average Bonchev–Trinajstić information content (AvgIpc) is 3.30. The zero-order chi connectivity index (χ0) is 29.1. The minimum Gasteiger partial charge on any atom is -0.370 e. The third kappa shape index (κ3) is 7.04. The second kappa shape index (κ2) is 12.7. The van der Waals surface area contributed by atoms with Crippen molar-refractivity contribution < 1.29 is 32.3 Å². The largest absolute Gasteiger partial charge is 0.418 e. The van der Waals surface area contributed by atoms with Gasteiger partial charge in [-0.25, -0.2) is 0 Å². The lowest BCUT2D eigenvalue weighted by molar-refractivity contribution is -0.137. The minimum atomic E-state index is -4.79. The normalized spacial score (nSPS) is 19.0. The molecule has 3 aliphatic rings. The number of amides is 3. The van der Waals surface area contributed by atoms with Crippen LogP contribution in [0.3, 0.4) is 0 Å². The maximum atomic E-state index is 14.2. The zero-order valence-electron chi connectivity index (χ0n) is 22.3. The molecule has 1 aromatic carbocycles. The highest BCUT2D eigenvalue weighted by Gasteiger charge is 2.40. The average molecular weight is 613 g/mol. The first-order valence-corrected chi connectivity index (χ1v) is 15.0. The first kappa shape index (κ1) is 29.8. The van der Waals surface area contributed by atoms with Crippen LogP contribution in [0.2, 0.25) is 4.34 Å². The molecule has 2 heterocycles. The molecule has 222 valence electrons. The smallest absolute Gasteiger partial charge is 0.370 e. The van der Waals surface area contributed by atoms with E-state index in [1.54, 1.807) is 12.1 Å². The lowest BCUT2D eigenvalue weighted by atomic mass is 9.68. The molecule has 1 aliphatic heterocycles. The number of ether oxygens (including phenoxy) is 1. The van der Waals surface area contributed by atoms with Gasteiger partial charge in [0, 0.05) is 24.8 Å². The fourth-order valence-corrected chi connectivity index (χ4v) is 6.45. The number of benzene rings is 1. The number of rotatable bonds is 10. The van der Waals surface area contributed by atoms with Gasteiger partial charge in [-0.2, -0.15) is 13.2 Å². The van der Waals surface area contributed by atoms with Crippen LogP contribution < -0.4 is 20.9 Å². The molecule has 2 saturated carbocycles. The predicted octanol–water partition coefficient (Wildman–Crippen LogP) is 5.08. The van der Waals surface area contributed by atoms with E-state index in [2.05, 4.69) is 16.0 Å². The van der Waals surface area contributed by atoms with Crippen molar-refractivity contribution in [3.8, 4) is 0 Å². The van der Waals surface area contributed by atoms with Crippen LogP contribution in [0.15, 0.2) is 30.3 Å². The first-order valence-electron chi connectivity index (χ1n) is 13.8. The molecular weight excluding hydrogens is 581 g/mol. The van der Waals surface area contributed by atoms with Crippen molar-refractivity contribution in [3.05, 3.63) is 45.1 Å². The van der Waals surface area contributed by atoms with Gasteiger partial charge in [0.25, 0.3) is 11.8 Å². The monoisotopic (exact) mass is 612 g/mol. The number of alkyl halides is 3. The molecule has 3 fully saturated rings. The molecule has 1 atom stereocenters. The van der Waals surface area contributed by atoms with E-state index >= 15 is 0 Å². The van der Waals surface area contributed by atoms with Crippen molar-refractivity contribution in [3.63, 3.8) is 0 Å². The van der Waals surface area contributed by atoms with Crippen LogP contribution in [0.5, 0.6) is 0 Å². The number of nitrogens with zero attached hydrogens (tertiary/aromatic N) is 1. The molecule has 2 aromatic rings. The summed E-state index contributed by atoms with van der Waals surface area (Å²) < 4.78 is 48.0. The number of carbonyl (C=O) groups is 3. The molecule has 3 N–H and O–H groups in total. The molecule has 0 unspecified atom stereocenters. The van der Waals surface area contributed by atoms with Gasteiger partial charge in [-0.05, 0) is 67.9 Å². The van der Waals surface area contributed by atoms with Crippen LogP contribution >= 0.6 is 22.9 Å². The summed E-state index contributed by atoms with van der Waals surface area (Å²) in [6.45, 7) is 0.0236. The molecule has 8 nitrogen and oxygen atoms in total. The van der Waals surface area contributed by atoms with E-state index in [-0.39, 0.29) is 38.0 Å². The Morgan fingerprint density at radius 3 is 2.37 bits per heavy atom. The van der Waals surface area contributed by atoms with Crippen molar-refractivity contribution in [2.45, 2.75) is 56.8 Å². The number of morpholine rings is 1. The number of hydrogen-bond acceptors (Lipinski definition) is 6. The van der Waals surface area contributed by atoms with Crippen LogP contribution in [-0.2, 0) is 20.5 Å². The van der Waals surface area contributed by atoms with Gasteiger partial charge in [-0.3, -0.25) is 14.4 Å². The lowest BCUT2D eigenvalue weighted by Crippen LogP contribution is -2.57. The third-order valence-corrected chi connectivity index (χ3v) is 9.38. The summed E-state index contributed by atoms with van der Waals surface area (Å²) in [5, 5.41) is 8.63. The van der Waals surface area contributed by atoms with E-state index in [0.29, 0.717) is 21.0 Å². The Hall–Kier alpha value is -2.67. The van der Waals surface area contributed by atoms with Gasteiger partial charge in [0.1, 0.15) is 12.6 Å². The number of hydrogen-bond donors (Lipinski definition) is 3. The number of carbonyl (C=O) groups excluding carboxylic acids is 3. The Bertz CT molecular complexity index is 1270. The van der Waals surface area contributed by atoms with Gasteiger partial charge in [-0.15, -0.1) is 11.3 Å². The summed E-state index contributed by atoms with van der Waals surface area (Å²) in [6.07, 6.45) is 1.55. The summed E-state index contributed by atoms with van der Waals surface area (Å²) >= 11 is 7.05. The van der Waals surface area contributed by atoms with Crippen molar-refractivity contribution in [1.82, 2.24) is 10.6 Å². The Kier molecular flexibility index (Phi) is 9.22. The molecule has 5 rings (SSSR count). The van der Waals surface area contributed by atoms with Gasteiger partial charge in [0.2, 0.25) is 5.91 Å². The summed E-state index contributed by atoms with van der Waals surface area (Å²) in [5.41, 5.74) is -1.40. The molecule has 1 aromatic heterocycles. The maximum absolute atomic E-state index is 14.2. The van der Waals surface area contributed by atoms with Crippen molar-refractivity contribution >= 4 is 52.0 Å². The van der Waals surface area contributed by atoms with Gasteiger partial charge in [0.15, 0.2) is 0 Å². The van der Waals surface area contributed by atoms with E-state index in [1.165, 1.54) is 11.0 Å². The highest BCUT2D eigenvalue weighted by Crippen LogP contribution is 2.41. The van der Waals surface area contributed by atoms with Crippen molar-refractivity contribution in [1.29, 1.82) is 0 Å². The third-order valence-electron chi connectivity index (χ3n) is 8.15. The van der Waals surface area contributed by atoms with Crippen LogP contribution in [0.4, 0.5) is 24.5 Å². The molecular formula is C28H32ClF3N4O4S. The van der Waals surface area contributed by atoms with Crippen LogP contribution in [0, 0.1) is 11.8 Å². The van der Waals surface area contributed by atoms with Gasteiger partial charge in [0.05, 0.1) is 27.1 Å². The highest BCUT2D eigenvalue weighted by atomic mass is 35.5. The molecule has 0 bridgehead atoms. The van der Waals surface area contributed by atoms with Gasteiger partial charge >= 0.3 is 6.18 Å².